The number of para-hydroxylation sites is 2. The molecule has 0 spiro atoms. The minimum atomic E-state index is -0.969. The van der Waals surface area contributed by atoms with Gasteiger partial charge in [-0.3, -0.25) is 20.2 Å². The third kappa shape index (κ3) is 2.14. The van der Waals surface area contributed by atoms with Crippen molar-refractivity contribution in [3.8, 4) is 16.9 Å². The number of nitrogens with zero attached hydrogens (tertiary/aromatic N) is 2. The Bertz CT molecular complexity index is 717. The lowest BCUT2D eigenvalue weighted by atomic mass is 10.0. The molecule has 0 aliphatic rings. The van der Waals surface area contributed by atoms with E-state index < -0.39 is 32.8 Å². The Balaban J connectivity index is 2.81. The van der Waals surface area contributed by atoms with E-state index in [1.165, 1.54) is 24.3 Å². The second-order valence-electron chi connectivity index (χ2n) is 3.82. The van der Waals surface area contributed by atoms with Gasteiger partial charge in [-0.05, 0) is 12.1 Å². The van der Waals surface area contributed by atoms with Gasteiger partial charge < -0.3 is 5.11 Å². The molecule has 0 saturated carbocycles. The van der Waals surface area contributed by atoms with Gasteiger partial charge in [0.05, 0.1) is 15.4 Å². The van der Waals surface area contributed by atoms with E-state index in [-0.39, 0.29) is 11.1 Å². The maximum absolute atomic E-state index is 13.3. The summed E-state index contributed by atoms with van der Waals surface area (Å²) >= 11 is 0. The number of phenolic OH excluding ortho intramolecular Hbond substituents is 1. The SMILES string of the molecule is O=[N+]([O-])c1cccc(-c2cccc(F)c2O)c1[N+](=O)[O-]. The van der Waals surface area contributed by atoms with Gasteiger partial charge >= 0.3 is 11.4 Å². The number of halogens is 1. The number of rotatable bonds is 3. The van der Waals surface area contributed by atoms with Crippen LogP contribution >= 0.6 is 0 Å². The fraction of sp³-hybridized carbons (Fsp3) is 0. The Labute approximate surface area is 111 Å². The van der Waals surface area contributed by atoms with Crippen LogP contribution in [0.3, 0.4) is 0 Å². The molecule has 0 saturated heterocycles. The molecule has 0 bridgehead atoms. The molecule has 1 N–H and O–H groups in total. The van der Waals surface area contributed by atoms with Crippen molar-refractivity contribution in [1.29, 1.82) is 0 Å². The predicted molar refractivity (Wildman–Crippen MR) is 66.8 cm³/mol. The molecule has 0 aliphatic carbocycles. The summed E-state index contributed by atoms with van der Waals surface area (Å²) in [6.07, 6.45) is 0. The Hall–Kier alpha value is -3.03. The van der Waals surface area contributed by atoms with Crippen LogP contribution in [0.15, 0.2) is 36.4 Å². The second-order valence-corrected chi connectivity index (χ2v) is 3.82. The molecule has 0 unspecified atom stereocenters. The molecule has 0 fully saturated rings. The van der Waals surface area contributed by atoms with Gasteiger partial charge in [-0.2, -0.15) is 0 Å². The van der Waals surface area contributed by atoms with Crippen molar-refractivity contribution < 1.29 is 19.3 Å². The average Bonchev–Trinajstić information content (AvgIpc) is 2.40. The lowest BCUT2D eigenvalue weighted by Gasteiger charge is -2.06. The van der Waals surface area contributed by atoms with Crippen LogP contribution in [-0.2, 0) is 0 Å². The Morgan fingerprint density at radius 2 is 1.55 bits per heavy atom. The minimum Gasteiger partial charge on any atom is -0.504 e. The van der Waals surface area contributed by atoms with Crippen LogP contribution in [0, 0.1) is 26.0 Å². The summed E-state index contributed by atoms with van der Waals surface area (Å²) in [5.41, 5.74) is -1.92. The molecule has 8 heteroatoms. The number of nitro groups is 2. The fourth-order valence-corrected chi connectivity index (χ4v) is 1.82. The first-order valence-electron chi connectivity index (χ1n) is 5.33. The highest BCUT2D eigenvalue weighted by Gasteiger charge is 2.30. The highest BCUT2D eigenvalue weighted by molar-refractivity contribution is 5.82. The van der Waals surface area contributed by atoms with E-state index >= 15 is 0 Å². The molecule has 0 aromatic heterocycles. The molecule has 0 atom stereocenters. The lowest BCUT2D eigenvalue weighted by molar-refractivity contribution is -0.422. The quantitative estimate of drug-likeness (QED) is 0.686. The number of benzene rings is 2. The van der Waals surface area contributed by atoms with Crippen LogP contribution in [-0.4, -0.2) is 15.0 Å². The summed E-state index contributed by atoms with van der Waals surface area (Å²) in [6, 6.07) is 6.86. The summed E-state index contributed by atoms with van der Waals surface area (Å²) in [7, 11) is 0. The van der Waals surface area contributed by atoms with Gasteiger partial charge in [-0.25, -0.2) is 4.39 Å². The van der Waals surface area contributed by atoms with E-state index in [2.05, 4.69) is 0 Å². The monoisotopic (exact) mass is 278 g/mol. The standard InChI is InChI=1S/C12H7FN2O5/c13-9-5-1-4-8(12(9)16)7-3-2-6-10(14(17)18)11(7)15(19)20/h1-6,16H. The van der Waals surface area contributed by atoms with Crippen molar-refractivity contribution in [2.45, 2.75) is 0 Å². The molecule has 7 nitrogen and oxygen atoms in total. The van der Waals surface area contributed by atoms with Gasteiger partial charge in [0.25, 0.3) is 0 Å². The van der Waals surface area contributed by atoms with Crippen molar-refractivity contribution in [2.24, 2.45) is 0 Å². The first-order chi connectivity index (χ1) is 9.43. The fourth-order valence-electron chi connectivity index (χ4n) is 1.82. The summed E-state index contributed by atoms with van der Waals surface area (Å²) in [5, 5.41) is 31.5. The minimum absolute atomic E-state index is 0.180. The van der Waals surface area contributed by atoms with Crippen LogP contribution in [0.4, 0.5) is 15.8 Å². The Morgan fingerprint density at radius 3 is 2.15 bits per heavy atom. The first kappa shape index (κ1) is 13.4. The molecule has 20 heavy (non-hydrogen) atoms. The maximum atomic E-state index is 13.3. The molecule has 2 rings (SSSR count). The van der Waals surface area contributed by atoms with E-state index in [1.54, 1.807) is 0 Å². The smallest absolute Gasteiger partial charge is 0.353 e. The molecule has 0 aliphatic heterocycles. The number of hydrogen-bond acceptors (Lipinski definition) is 5. The number of aromatic hydroxyl groups is 1. The van der Waals surface area contributed by atoms with Crippen LogP contribution < -0.4 is 0 Å². The summed E-state index contributed by atoms with van der Waals surface area (Å²) in [4.78, 5) is 20.0. The maximum Gasteiger partial charge on any atom is 0.353 e. The molecular formula is C12H7FN2O5. The van der Waals surface area contributed by atoms with Crippen molar-refractivity contribution in [3.63, 3.8) is 0 Å². The topological polar surface area (TPSA) is 107 Å². The van der Waals surface area contributed by atoms with E-state index in [0.29, 0.717) is 0 Å². The molecule has 102 valence electrons. The van der Waals surface area contributed by atoms with Gasteiger partial charge in [0.2, 0.25) is 0 Å². The lowest BCUT2D eigenvalue weighted by Crippen LogP contribution is -1.99. The number of phenols is 1. The zero-order chi connectivity index (χ0) is 14.9. The largest absolute Gasteiger partial charge is 0.504 e. The molecular weight excluding hydrogens is 271 g/mol. The van der Waals surface area contributed by atoms with Crippen LogP contribution in [0.2, 0.25) is 0 Å². The van der Waals surface area contributed by atoms with Crippen molar-refractivity contribution in [3.05, 3.63) is 62.4 Å². The van der Waals surface area contributed by atoms with E-state index in [0.717, 1.165) is 12.1 Å². The average molecular weight is 278 g/mol. The van der Waals surface area contributed by atoms with Gasteiger partial charge in [0, 0.05) is 11.6 Å². The van der Waals surface area contributed by atoms with Crippen molar-refractivity contribution >= 4 is 11.4 Å². The highest BCUT2D eigenvalue weighted by atomic mass is 19.1. The van der Waals surface area contributed by atoms with Gasteiger partial charge in [0.1, 0.15) is 0 Å². The predicted octanol–water partition coefficient (Wildman–Crippen LogP) is 3.01. The van der Waals surface area contributed by atoms with Crippen molar-refractivity contribution in [1.82, 2.24) is 0 Å². The molecule has 0 radical (unpaired) electrons. The summed E-state index contributed by atoms with van der Waals surface area (Å²) in [6.45, 7) is 0. The Kier molecular flexibility index (Phi) is 3.30. The van der Waals surface area contributed by atoms with E-state index in [4.69, 9.17) is 0 Å². The second kappa shape index (κ2) is 4.92. The van der Waals surface area contributed by atoms with Crippen molar-refractivity contribution in [2.75, 3.05) is 0 Å². The van der Waals surface area contributed by atoms with Gasteiger partial charge in [0.15, 0.2) is 11.6 Å². The number of hydrogen-bond donors (Lipinski definition) is 1. The molecule has 2 aromatic carbocycles. The molecule has 0 amide bonds. The van der Waals surface area contributed by atoms with Gasteiger partial charge in [-0.15, -0.1) is 0 Å². The molecule has 0 heterocycles. The third-order valence-corrected chi connectivity index (χ3v) is 2.67. The Morgan fingerprint density at radius 1 is 0.950 bits per heavy atom. The first-order valence-corrected chi connectivity index (χ1v) is 5.33. The zero-order valence-electron chi connectivity index (χ0n) is 9.82. The number of nitro benzene ring substituents is 2. The molecule has 2 aromatic rings. The van der Waals surface area contributed by atoms with E-state index in [9.17, 15) is 29.7 Å². The summed E-state index contributed by atoms with van der Waals surface area (Å²) < 4.78 is 13.3. The van der Waals surface area contributed by atoms with E-state index in [1.807, 2.05) is 0 Å². The summed E-state index contributed by atoms with van der Waals surface area (Å²) in [5.74, 6) is -1.76. The van der Waals surface area contributed by atoms with Crippen LogP contribution in [0.5, 0.6) is 5.75 Å². The van der Waals surface area contributed by atoms with Crippen LogP contribution in [0.25, 0.3) is 11.1 Å². The zero-order valence-corrected chi connectivity index (χ0v) is 9.82. The van der Waals surface area contributed by atoms with Crippen LogP contribution in [0.1, 0.15) is 0 Å². The van der Waals surface area contributed by atoms with Gasteiger partial charge in [-0.1, -0.05) is 18.2 Å². The third-order valence-electron chi connectivity index (χ3n) is 2.67. The normalized spacial score (nSPS) is 10.2. The highest BCUT2D eigenvalue weighted by Crippen LogP contribution is 2.41.